The third-order valence-corrected chi connectivity index (χ3v) is 6.17. The molecular weight excluding hydrogens is 314 g/mol. The summed E-state index contributed by atoms with van der Waals surface area (Å²) in [7, 11) is -2.49. The number of sulfonamides is 1. The number of aryl methyl sites for hydroxylation is 2. The number of esters is 1. The molecule has 0 aromatic heterocycles. The zero-order valence-electron chi connectivity index (χ0n) is 14.0. The molecule has 0 unspecified atom stereocenters. The molecule has 0 atom stereocenters. The fourth-order valence-corrected chi connectivity index (χ4v) is 4.93. The third kappa shape index (κ3) is 3.93. The highest BCUT2D eigenvalue weighted by Crippen LogP contribution is 2.30. The minimum absolute atomic E-state index is 0.227. The Morgan fingerprint density at radius 2 is 1.74 bits per heavy atom. The van der Waals surface area contributed by atoms with Crippen molar-refractivity contribution in [2.24, 2.45) is 0 Å². The van der Waals surface area contributed by atoms with E-state index in [1.807, 2.05) is 13.0 Å². The van der Waals surface area contributed by atoms with Crippen molar-refractivity contribution in [2.75, 3.05) is 7.11 Å². The van der Waals surface area contributed by atoms with Gasteiger partial charge in [-0.25, -0.2) is 8.42 Å². The first kappa shape index (κ1) is 17.9. The second kappa shape index (κ2) is 7.01. The highest BCUT2D eigenvalue weighted by Gasteiger charge is 2.43. The zero-order valence-corrected chi connectivity index (χ0v) is 14.8. The van der Waals surface area contributed by atoms with Gasteiger partial charge in [0.05, 0.1) is 12.0 Å². The molecule has 6 heteroatoms. The van der Waals surface area contributed by atoms with Crippen LogP contribution >= 0.6 is 0 Å². The lowest BCUT2D eigenvalue weighted by molar-refractivity contribution is -0.148. The van der Waals surface area contributed by atoms with Crippen LogP contribution in [0.2, 0.25) is 0 Å². The van der Waals surface area contributed by atoms with Crippen LogP contribution in [0.15, 0.2) is 23.1 Å². The van der Waals surface area contributed by atoms with Crippen molar-refractivity contribution < 1.29 is 17.9 Å². The van der Waals surface area contributed by atoms with E-state index in [0.717, 1.165) is 31.2 Å². The predicted molar refractivity (Wildman–Crippen MR) is 88.7 cm³/mol. The van der Waals surface area contributed by atoms with Gasteiger partial charge in [-0.2, -0.15) is 4.72 Å². The molecule has 1 fully saturated rings. The Balaban J connectivity index is 2.41. The number of hydrogen-bond donors (Lipinski definition) is 1. The highest BCUT2D eigenvalue weighted by atomic mass is 32.2. The second-order valence-corrected chi connectivity index (χ2v) is 8.01. The van der Waals surface area contributed by atoms with Gasteiger partial charge >= 0.3 is 5.97 Å². The Kier molecular flexibility index (Phi) is 5.47. The quantitative estimate of drug-likeness (QED) is 0.676. The molecule has 1 saturated carbocycles. The van der Waals surface area contributed by atoms with Crippen LogP contribution in [0.1, 0.15) is 49.7 Å². The first-order valence-electron chi connectivity index (χ1n) is 8.00. The second-order valence-electron chi connectivity index (χ2n) is 6.36. The largest absolute Gasteiger partial charge is 0.468 e. The third-order valence-electron chi connectivity index (χ3n) is 4.50. The molecule has 0 amide bonds. The summed E-state index contributed by atoms with van der Waals surface area (Å²) in [6.45, 7) is 3.60. The molecule has 1 aliphatic carbocycles. The average Bonchev–Trinajstić information content (AvgIpc) is 2.74. The maximum Gasteiger partial charge on any atom is 0.327 e. The zero-order chi connectivity index (χ0) is 17.1. The number of carbonyl (C=O) groups excluding carboxylic acids is 1. The summed E-state index contributed by atoms with van der Waals surface area (Å²) in [5, 5.41) is 0. The molecule has 0 spiro atoms. The van der Waals surface area contributed by atoms with Gasteiger partial charge in [0.25, 0.3) is 0 Å². The number of methoxy groups -OCH3 is 1. The molecule has 1 aromatic rings. The summed E-state index contributed by atoms with van der Waals surface area (Å²) in [6, 6.07) is 5.29. The lowest BCUT2D eigenvalue weighted by Gasteiger charge is -2.30. The van der Waals surface area contributed by atoms with Crippen molar-refractivity contribution in [3.05, 3.63) is 29.3 Å². The number of carbonyl (C=O) groups is 1. The van der Waals surface area contributed by atoms with Gasteiger partial charge in [-0.05, 0) is 43.9 Å². The van der Waals surface area contributed by atoms with Crippen LogP contribution in [-0.2, 0) is 19.6 Å². The van der Waals surface area contributed by atoms with E-state index < -0.39 is 21.5 Å². The standard InChI is InChI=1S/C17H25NO4S/c1-13-8-9-14(2)15(12-13)23(20,21)18-17(16(19)22-3)10-6-4-5-7-11-17/h8-9,12,18H,4-7,10-11H2,1-3H3. The molecule has 1 N–H and O–H groups in total. The molecule has 128 valence electrons. The number of hydrogen-bond acceptors (Lipinski definition) is 4. The summed E-state index contributed by atoms with van der Waals surface area (Å²) in [4.78, 5) is 12.6. The summed E-state index contributed by atoms with van der Waals surface area (Å²) >= 11 is 0. The highest BCUT2D eigenvalue weighted by molar-refractivity contribution is 7.89. The van der Waals surface area contributed by atoms with Gasteiger partial charge < -0.3 is 4.74 Å². The van der Waals surface area contributed by atoms with E-state index in [1.165, 1.54) is 7.11 Å². The van der Waals surface area contributed by atoms with Crippen molar-refractivity contribution in [2.45, 2.75) is 62.8 Å². The molecule has 0 radical (unpaired) electrons. The maximum atomic E-state index is 12.9. The van der Waals surface area contributed by atoms with E-state index in [1.54, 1.807) is 19.1 Å². The lowest BCUT2D eigenvalue weighted by atomic mass is 9.92. The molecule has 23 heavy (non-hydrogen) atoms. The van der Waals surface area contributed by atoms with Crippen molar-refractivity contribution in [3.63, 3.8) is 0 Å². The Morgan fingerprint density at radius 3 is 2.30 bits per heavy atom. The molecular formula is C17H25NO4S. The molecule has 0 aliphatic heterocycles. The molecule has 0 heterocycles. The van der Waals surface area contributed by atoms with Crippen molar-refractivity contribution in [1.82, 2.24) is 4.72 Å². The monoisotopic (exact) mass is 339 g/mol. The summed E-state index contributed by atoms with van der Waals surface area (Å²) < 4.78 is 33.4. The SMILES string of the molecule is COC(=O)C1(NS(=O)(=O)c2cc(C)ccc2C)CCCCCC1. The van der Waals surface area contributed by atoms with Gasteiger partial charge in [0.15, 0.2) is 0 Å². The lowest BCUT2D eigenvalue weighted by Crippen LogP contribution is -2.54. The molecule has 0 saturated heterocycles. The molecule has 1 aliphatic rings. The topological polar surface area (TPSA) is 72.5 Å². The fraction of sp³-hybridized carbons (Fsp3) is 0.588. The van der Waals surface area contributed by atoms with Crippen LogP contribution in [-0.4, -0.2) is 27.0 Å². The van der Waals surface area contributed by atoms with Crippen LogP contribution in [0.3, 0.4) is 0 Å². The summed E-state index contributed by atoms with van der Waals surface area (Å²) in [5.74, 6) is -0.492. The predicted octanol–water partition coefficient (Wildman–Crippen LogP) is 2.85. The Hall–Kier alpha value is -1.40. The number of nitrogens with one attached hydrogen (secondary N) is 1. The number of ether oxygens (including phenoxy) is 1. The minimum atomic E-state index is -3.79. The van der Waals surface area contributed by atoms with Gasteiger partial charge in [-0.15, -0.1) is 0 Å². The van der Waals surface area contributed by atoms with E-state index in [2.05, 4.69) is 4.72 Å². The van der Waals surface area contributed by atoms with Gasteiger partial charge in [0.1, 0.15) is 5.54 Å². The summed E-state index contributed by atoms with van der Waals surface area (Å²) in [6.07, 6.45) is 4.58. The first-order chi connectivity index (χ1) is 10.8. The number of rotatable bonds is 4. The maximum absolute atomic E-state index is 12.9. The van der Waals surface area contributed by atoms with Crippen LogP contribution in [0.4, 0.5) is 0 Å². The molecule has 5 nitrogen and oxygen atoms in total. The van der Waals surface area contributed by atoms with Crippen LogP contribution < -0.4 is 4.72 Å². The van der Waals surface area contributed by atoms with Crippen LogP contribution in [0, 0.1) is 13.8 Å². The van der Waals surface area contributed by atoms with E-state index in [-0.39, 0.29) is 4.90 Å². The van der Waals surface area contributed by atoms with Crippen LogP contribution in [0.25, 0.3) is 0 Å². The molecule has 2 rings (SSSR count). The molecule has 1 aromatic carbocycles. The fourth-order valence-electron chi connectivity index (χ4n) is 3.18. The van der Waals surface area contributed by atoms with E-state index >= 15 is 0 Å². The average molecular weight is 339 g/mol. The van der Waals surface area contributed by atoms with Gasteiger partial charge in [0.2, 0.25) is 10.0 Å². The van der Waals surface area contributed by atoms with E-state index in [9.17, 15) is 13.2 Å². The Bertz CT molecular complexity index is 674. The molecule has 0 bridgehead atoms. The van der Waals surface area contributed by atoms with Crippen molar-refractivity contribution in [1.29, 1.82) is 0 Å². The Morgan fingerprint density at radius 1 is 1.13 bits per heavy atom. The smallest absolute Gasteiger partial charge is 0.327 e. The Labute approximate surface area is 138 Å². The normalized spacial score (nSPS) is 18.2. The first-order valence-corrected chi connectivity index (χ1v) is 9.49. The van der Waals surface area contributed by atoms with E-state index in [0.29, 0.717) is 18.4 Å². The van der Waals surface area contributed by atoms with Gasteiger partial charge in [0, 0.05) is 0 Å². The van der Waals surface area contributed by atoms with Gasteiger partial charge in [-0.1, -0.05) is 37.8 Å². The summed E-state index contributed by atoms with van der Waals surface area (Å²) in [5.41, 5.74) is 0.376. The number of benzene rings is 1. The van der Waals surface area contributed by atoms with Crippen LogP contribution in [0.5, 0.6) is 0 Å². The van der Waals surface area contributed by atoms with Crippen molar-refractivity contribution >= 4 is 16.0 Å². The minimum Gasteiger partial charge on any atom is -0.468 e. The van der Waals surface area contributed by atoms with Gasteiger partial charge in [-0.3, -0.25) is 4.79 Å². The van der Waals surface area contributed by atoms with Crippen molar-refractivity contribution in [3.8, 4) is 0 Å². The van der Waals surface area contributed by atoms with E-state index in [4.69, 9.17) is 4.74 Å².